The molecule has 0 saturated carbocycles. The number of hydrogen-bond donors (Lipinski definition) is 0. The number of carbonyl (C=O) groups is 1. The number of methoxy groups -OCH3 is 2. The smallest absolute Gasteiger partial charge is 0.344 e. The summed E-state index contributed by atoms with van der Waals surface area (Å²) in [5.74, 6) is 0.965. The van der Waals surface area contributed by atoms with Gasteiger partial charge in [0, 0.05) is 5.39 Å². The lowest BCUT2D eigenvalue weighted by molar-refractivity contribution is 0.0735. The first-order valence-corrected chi connectivity index (χ1v) is 10.00. The van der Waals surface area contributed by atoms with E-state index in [1.54, 1.807) is 55.6 Å². The number of aryl methyl sites for hydroxylation is 2. The van der Waals surface area contributed by atoms with Crippen molar-refractivity contribution in [3.63, 3.8) is 0 Å². The van der Waals surface area contributed by atoms with Crippen molar-refractivity contribution in [3.8, 4) is 28.4 Å². The number of benzene rings is 3. The molecule has 3 aromatic carbocycles. The third kappa shape index (κ3) is 3.95. The minimum atomic E-state index is -0.466. The van der Waals surface area contributed by atoms with Gasteiger partial charge in [0.15, 0.2) is 11.5 Å². The zero-order chi connectivity index (χ0) is 22.8. The number of carbonyl (C=O) groups excluding carboxylic acids is 1. The highest BCUT2D eigenvalue weighted by Gasteiger charge is 2.17. The van der Waals surface area contributed by atoms with Crippen LogP contribution in [0.15, 0.2) is 69.9 Å². The topological polar surface area (TPSA) is 75.0 Å². The van der Waals surface area contributed by atoms with Crippen LogP contribution in [0, 0.1) is 13.8 Å². The van der Waals surface area contributed by atoms with Crippen LogP contribution in [0.3, 0.4) is 0 Å². The van der Waals surface area contributed by atoms with E-state index in [2.05, 4.69) is 0 Å². The Morgan fingerprint density at radius 2 is 1.56 bits per heavy atom. The fourth-order valence-electron chi connectivity index (χ4n) is 3.57. The average molecular weight is 430 g/mol. The summed E-state index contributed by atoms with van der Waals surface area (Å²) in [7, 11) is 3.08. The molecule has 4 rings (SSSR count). The second kappa shape index (κ2) is 8.59. The van der Waals surface area contributed by atoms with Gasteiger partial charge in [0.25, 0.3) is 0 Å². The SMILES string of the molecule is COc1ccc(-c2c(C)c3cc(OC(=O)c4ccc(C)cc4)ccc3oc2=O)cc1OC. The van der Waals surface area contributed by atoms with Gasteiger partial charge >= 0.3 is 11.6 Å². The first-order valence-electron chi connectivity index (χ1n) is 10.00. The molecule has 4 aromatic rings. The van der Waals surface area contributed by atoms with Gasteiger partial charge in [0.05, 0.1) is 25.3 Å². The van der Waals surface area contributed by atoms with Crippen LogP contribution in [0.5, 0.6) is 17.2 Å². The number of esters is 1. The molecule has 0 bridgehead atoms. The molecule has 0 unspecified atom stereocenters. The Morgan fingerprint density at radius 1 is 0.844 bits per heavy atom. The second-order valence-electron chi connectivity index (χ2n) is 7.37. The van der Waals surface area contributed by atoms with E-state index >= 15 is 0 Å². The predicted octanol–water partition coefficient (Wildman–Crippen LogP) is 5.31. The largest absolute Gasteiger partial charge is 0.493 e. The number of hydrogen-bond acceptors (Lipinski definition) is 6. The van der Waals surface area contributed by atoms with E-state index in [0.29, 0.717) is 50.5 Å². The van der Waals surface area contributed by atoms with E-state index in [0.717, 1.165) is 5.56 Å². The maximum atomic E-state index is 12.8. The highest BCUT2D eigenvalue weighted by Crippen LogP contribution is 2.34. The molecule has 162 valence electrons. The molecule has 0 atom stereocenters. The highest BCUT2D eigenvalue weighted by atomic mass is 16.5. The maximum Gasteiger partial charge on any atom is 0.344 e. The summed E-state index contributed by atoms with van der Waals surface area (Å²) < 4.78 is 21.7. The van der Waals surface area contributed by atoms with Crippen LogP contribution in [0.1, 0.15) is 21.5 Å². The predicted molar refractivity (Wildman–Crippen MR) is 122 cm³/mol. The van der Waals surface area contributed by atoms with Gasteiger partial charge in [-0.05, 0) is 67.4 Å². The van der Waals surface area contributed by atoms with E-state index < -0.39 is 11.6 Å². The van der Waals surface area contributed by atoms with Gasteiger partial charge in [-0.2, -0.15) is 0 Å². The van der Waals surface area contributed by atoms with Gasteiger partial charge in [-0.1, -0.05) is 23.8 Å². The van der Waals surface area contributed by atoms with Gasteiger partial charge in [0.1, 0.15) is 11.3 Å². The van der Waals surface area contributed by atoms with Crippen molar-refractivity contribution in [2.24, 2.45) is 0 Å². The van der Waals surface area contributed by atoms with Crippen molar-refractivity contribution < 1.29 is 23.4 Å². The normalized spacial score (nSPS) is 10.8. The molecule has 0 spiro atoms. The zero-order valence-electron chi connectivity index (χ0n) is 18.2. The first-order chi connectivity index (χ1) is 15.4. The zero-order valence-corrected chi connectivity index (χ0v) is 18.2. The van der Waals surface area contributed by atoms with Gasteiger partial charge in [-0.3, -0.25) is 0 Å². The lowest BCUT2D eigenvalue weighted by Crippen LogP contribution is -2.09. The van der Waals surface area contributed by atoms with Gasteiger partial charge in [-0.25, -0.2) is 9.59 Å². The van der Waals surface area contributed by atoms with Gasteiger partial charge in [-0.15, -0.1) is 0 Å². The summed E-state index contributed by atoms with van der Waals surface area (Å²) in [5.41, 5.74) is 3.20. The molecule has 0 aliphatic carbocycles. The van der Waals surface area contributed by atoms with E-state index in [-0.39, 0.29) is 0 Å². The molecule has 0 aliphatic heterocycles. The Bertz CT molecular complexity index is 1370. The fourth-order valence-corrected chi connectivity index (χ4v) is 3.57. The van der Waals surface area contributed by atoms with Crippen molar-refractivity contribution in [1.29, 1.82) is 0 Å². The van der Waals surface area contributed by atoms with E-state index in [1.807, 2.05) is 26.0 Å². The van der Waals surface area contributed by atoms with Crippen molar-refractivity contribution in [1.82, 2.24) is 0 Å². The van der Waals surface area contributed by atoms with E-state index in [4.69, 9.17) is 18.6 Å². The fraction of sp³-hybridized carbons (Fsp3) is 0.154. The first kappa shape index (κ1) is 21.2. The lowest BCUT2D eigenvalue weighted by Gasteiger charge is -2.12. The quantitative estimate of drug-likeness (QED) is 0.243. The molecule has 6 heteroatoms. The second-order valence-corrected chi connectivity index (χ2v) is 7.37. The number of rotatable bonds is 5. The summed E-state index contributed by atoms with van der Waals surface area (Å²) in [6.45, 7) is 3.78. The molecule has 1 heterocycles. The highest BCUT2D eigenvalue weighted by molar-refractivity contribution is 5.92. The monoisotopic (exact) mass is 430 g/mol. The van der Waals surface area contributed by atoms with Crippen LogP contribution in [0.4, 0.5) is 0 Å². The molecular formula is C26H22O6. The van der Waals surface area contributed by atoms with Crippen LogP contribution in [-0.2, 0) is 0 Å². The summed E-state index contributed by atoms with van der Waals surface area (Å²) in [6, 6.07) is 17.3. The Hall–Kier alpha value is -4.06. The lowest BCUT2D eigenvalue weighted by atomic mass is 9.99. The van der Waals surface area contributed by atoms with E-state index in [9.17, 15) is 9.59 Å². The van der Waals surface area contributed by atoms with Crippen LogP contribution in [-0.4, -0.2) is 20.2 Å². The molecule has 1 aromatic heterocycles. The minimum Gasteiger partial charge on any atom is -0.493 e. The van der Waals surface area contributed by atoms with Crippen molar-refractivity contribution in [3.05, 3.63) is 87.8 Å². The van der Waals surface area contributed by atoms with Gasteiger partial charge in [0.2, 0.25) is 0 Å². The molecule has 0 radical (unpaired) electrons. The van der Waals surface area contributed by atoms with Gasteiger partial charge < -0.3 is 18.6 Å². The standard InChI is InChI=1S/C26H22O6/c1-15-5-7-17(8-6-15)25(27)31-19-10-12-21-20(14-19)16(2)24(26(28)32-21)18-9-11-22(29-3)23(13-18)30-4/h5-14H,1-4H3. The average Bonchev–Trinajstić information content (AvgIpc) is 2.79. The Kier molecular flexibility index (Phi) is 5.69. The summed E-state index contributed by atoms with van der Waals surface area (Å²) in [5, 5.41) is 0.670. The van der Waals surface area contributed by atoms with Crippen LogP contribution < -0.4 is 19.8 Å². The maximum absolute atomic E-state index is 12.8. The van der Waals surface area contributed by atoms with Crippen molar-refractivity contribution >= 4 is 16.9 Å². The molecule has 0 fully saturated rings. The van der Waals surface area contributed by atoms with Crippen LogP contribution in [0.25, 0.3) is 22.1 Å². The van der Waals surface area contributed by atoms with Crippen molar-refractivity contribution in [2.75, 3.05) is 14.2 Å². The Balaban J connectivity index is 1.76. The van der Waals surface area contributed by atoms with E-state index in [1.165, 1.54) is 7.11 Å². The summed E-state index contributed by atoms with van der Waals surface area (Å²) in [4.78, 5) is 25.3. The molecule has 0 N–H and O–H groups in total. The number of fused-ring (bicyclic) bond motifs is 1. The van der Waals surface area contributed by atoms with Crippen molar-refractivity contribution in [2.45, 2.75) is 13.8 Å². The third-order valence-electron chi connectivity index (χ3n) is 5.31. The van der Waals surface area contributed by atoms with Crippen LogP contribution in [0.2, 0.25) is 0 Å². The molecule has 6 nitrogen and oxygen atoms in total. The van der Waals surface area contributed by atoms with Crippen LogP contribution >= 0.6 is 0 Å². The Labute approximate surface area is 185 Å². The molecule has 0 amide bonds. The summed E-state index contributed by atoms with van der Waals surface area (Å²) in [6.07, 6.45) is 0. The molecular weight excluding hydrogens is 408 g/mol. The number of ether oxygens (including phenoxy) is 3. The molecule has 32 heavy (non-hydrogen) atoms. The summed E-state index contributed by atoms with van der Waals surface area (Å²) >= 11 is 0. The molecule has 0 aliphatic rings. The Morgan fingerprint density at radius 3 is 2.25 bits per heavy atom. The minimum absolute atomic E-state index is 0.360. The third-order valence-corrected chi connectivity index (χ3v) is 5.31. The molecule has 0 saturated heterocycles.